The minimum Gasteiger partial charge on any atom is -0.351 e. The number of H-pyrrole nitrogens is 1. The summed E-state index contributed by atoms with van der Waals surface area (Å²) in [5.74, 6) is 0.844. The zero-order valence-corrected chi connectivity index (χ0v) is 12.6. The molecular weight excluding hydrogens is 244 g/mol. The second kappa shape index (κ2) is 16.5. The third kappa shape index (κ3) is 15.5. The van der Waals surface area contributed by atoms with Crippen molar-refractivity contribution in [2.75, 3.05) is 5.88 Å². The SMILES string of the molecule is CCCCCCCCCCCCCl.c1c[nH]cn1. The molecule has 106 valence electrons. The first-order valence-electron chi connectivity index (χ1n) is 7.40. The van der Waals surface area contributed by atoms with Crippen LogP contribution >= 0.6 is 11.6 Å². The second-order valence-corrected chi connectivity index (χ2v) is 5.01. The number of aromatic nitrogens is 2. The van der Waals surface area contributed by atoms with Crippen molar-refractivity contribution < 1.29 is 0 Å². The molecule has 0 aliphatic carbocycles. The number of halogens is 1. The van der Waals surface area contributed by atoms with Crippen LogP contribution < -0.4 is 0 Å². The van der Waals surface area contributed by atoms with Crippen LogP contribution in [-0.2, 0) is 0 Å². The summed E-state index contributed by atoms with van der Waals surface area (Å²) in [6.45, 7) is 2.27. The maximum absolute atomic E-state index is 5.60. The van der Waals surface area contributed by atoms with E-state index >= 15 is 0 Å². The molecule has 0 aromatic carbocycles. The Morgan fingerprint density at radius 2 is 1.44 bits per heavy atom. The highest BCUT2D eigenvalue weighted by atomic mass is 35.5. The zero-order chi connectivity index (χ0) is 13.3. The maximum Gasteiger partial charge on any atom is 0.0919 e. The van der Waals surface area contributed by atoms with Gasteiger partial charge in [-0.05, 0) is 6.42 Å². The summed E-state index contributed by atoms with van der Waals surface area (Å²) < 4.78 is 0. The first kappa shape index (κ1) is 17.5. The van der Waals surface area contributed by atoms with Gasteiger partial charge in [-0.3, -0.25) is 0 Å². The Labute approximate surface area is 118 Å². The highest BCUT2D eigenvalue weighted by molar-refractivity contribution is 6.17. The summed E-state index contributed by atoms with van der Waals surface area (Å²) in [5, 5.41) is 0. The number of alkyl halides is 1. The van der Waals surface area contributed by atoms with Gasteiger partial charge >= 0.3 is 0 Å². The van der Waals surface area contributed by atoms with Crippen molar-refractivity contribution in [3.05, 3.63) is 18.7 Å². The summed E-state index contributed by atoms with van der Waals surface area (Å²) in [5.41, 5.74) is 0. The van der Waals surface area contributed by atoms with Gasteiger partial charge in [0.1, 0.15) is 0 Å². The van der Waals surface area contributed by atoms with Crippen LogP contribution in [0.3, 0.4) is 0 Å². The highest BCUT2D eigenvalue weighted by Crippen LogP contribution is 2.10. The van der Waals surface area contributed by atoms with Crippen LogP contribution in [-0.4, -0.2) is 15.8 Å². The maximum atomic E-state index is 5.60. The van der Waals surface area contributed by atoms with Gasteiger partial charge in [0.25, 0.3) is 0 Å². The smallest absolute Gasteiger partial charge is 0.0919 e. The van der Waals surface area contributed by atoms with Crippen LogP contribution in [0.4, 0.5) is 0 Å². The Kier molecular flexibility index (Phi) is 16.0. The molecular formula is C15H29ClN2. The van der Waals surface area contributed by atoms with Crippen molar-refractivity contribution in [2.24, 2.45) is 0 Å². The van der Waals surface area contributed by atoms with Crippen LogP contribution in [0.1, 0.15) is 71.1 Å². The number of nitrogens with one attached hydrogen (secondary N) is 1. The topological polar surface area (TPSA) is 28.7 Å². The Morgan fingerprint density at radius 1 is 0.889 bits per heavy atom. The lowest BCUT2D eigenvalue weighted by atomic mass is 10.1. The minimum absolute atomic E-state index is 0.844. The molecule has 0 spiro atoms. The van der Waals surface area contributed by atoms with Crippen molar-refractivity contribution in [1.82, 2.24) is 9.97 Å². The molecule has 1 N–H and O–H groups in total. The van der Waals surface area contributed by atoms with Crippen LogP contribution in [0.15, 0.2) is 18.7 Å². The summed E-state index contributed by atoms with van der Waals surface area (Å²) in [6, 6.07) is 0. The van der Waals surface area contributed by atoms with E-state index in [1.54, 1.807) is 18.7 Å². The van der Waals surface area contributed by atoms with Gasteiger partial charge in [0, 0.05) is 18.3 Å². The van der Waals surface area contributed by atoms with Gasteiger partial charge in [0.15, 0.2) is 0 Å². The average molecular weight is 273 g/mol. The van der Waals surface area contributed by atoms with Gasteiger partial charge in [-0.15, -0.1) is 11.6 Å². The molecule has 0 radical (unpaired) electrons. The van der Waals surface area contributed by atoms with Crippen molar-refractivity contribution in [3.63, 3.8) is 0 Å². The van der Waals surface area contributed by atoms with Gasteiger partial charge in [0.05, 0.1) is 6.33 Å². The molecule has 2 nitrogen and oxygen atoms in total. The van der Waals surface area contributed by atoms with Crippen molar-refractivity contribution in [3.8, 4) is 0 Å². The first-order valence-corrected chi connectivity index (χ1v) is 7.94. The van der Waals surface area contributed by atoms with Gasteiger partial charge < -0.3 is 4.98 Å². The molecule has 0 amide bonds. The summed E-state index contributed by atoms with van der Waals surface area (Å²) in [4.78, 5) is 6.42. The van der Waals surface area contributed by atoms with Crippen LogP contribution in [0, 0.1) is 0 Å². The molecule has 0 saturated carbocycles. The molecule has 1 aromatic heterocycles. The van der Waals surface area contributed by atoms with E-state index in [4.69, 9.17) is 11.6 Å². The van der Waals surface area contributed by atoms with E-state index in [1.807, 2.05) is 0 Å². The van der Waals surface area contributed by atoms with E-state index in [2.05, 4.69) is 16.9 Å². The third-order valence-corrected chi connectivity index (χ3v) is 3.16. The molecule has 0 bridgehead atoms. The molecule has 0 unspecified atom stereocenters. The number of hydrogen-bond acceptors (Lipinski definition) is 1. The zero-order valence-electron chi connectivity index (χ0n) is 11.8. The largest absolute Gasteiger partial charge is 0.351 e. The van der Waals surface area contributed by atoms with E-state index < -0.39 is 0 Å². The predicted molar refractivity (Wildman–Crippen MR) is 81.2 cm³/mol. The number of rotatable bonds is 10. The standard InChI is InChI=1S/C12H25Cl.C3H4N2/c1-2-3-4-5-6-7-8-9-10-11-12-13;1-2-5-3-4-1/h2-12H2,1H3;1-3H,(H,4,5). The van der Waals surface area contributed by atoms with E-state index in [0.29, 0.717) is 0 Å². The Bertz CT molecular complexity index is 185. The van der Waals surface area contributed by atoms with Crippen LogP contribution in [0.2, 0.25) is 0 Å². The van der Waals surface area contributed by atoms with E-state index in [9.17, 15) is 0 Å². The fourth-order valence-electron chi connectivity index (χ4n) is 1.80. The Balaban J connectivity index is 0.000000473. The number of unbranched alkanes of at least 4 members (excludes halogenated alkanes) is 9. The van der Waals surface area contributed by atoms with Gasteiger partial charge in [0.2, 0.25) is 0 Å². The Hall–Kier alpha value is -0.500. The molecule has 0 aliphatic heterocycles. The van der Waals surface area contributed by atoms with Gasteiger partial charge in [-0.1, -0.05) is 64.7 Å². The lowest BCUT2D eigenvalue weighted by Gasteiger charge is -2.00. The summed E-state index contributed by atoms with van der Waals surface area (Å²) in [6.07, 6.45) is 19.0. The van der Waals surface area contributed by atoms with E-state index in [1.165, 1.54) is 64.2 Å². The van der Waals surface area contributed by atoms with Gasteiger partial charge in [-0.2, -0.15) is 0 Å². The average Bonchev–Trinajstić information content (AvgIpc) is 2.96. The number of hydrogen-bond donors (Lipinski definition) is 1. The Morgan fingerprint density at radius 3 is 1.78 bits per heavy atom. The normalized spacial score (nSPS) is 9.89. The highest BCUT2D eigenvalue weighted by Gasteiger charge is 1.91. The minimum atomic E-state index is 0.844. The van der Waals surface area contributed by atoms with Gasteiger partial charge in [-0.25, -0.2) is 4.98 Å². The third-order valence-electron chi connectivity index (χ3n) is 2.89. The van der Waals surface area contributed by atoms with E-state index in [-0.39, 0.29) is 0 Å². The lowest BCUT2D eigenvalue weighted by Crippen LogP contribution is -1.81. The molecule has 3 heteroatoms. The molecule has 1 rings (SSSR count). The monoisotopic (exact) mass is 272 g/mol. The fourth-order valence-corrected chi connectivity index (χ4v) is 1.99. The molecule has 1 aromatic rings. The predicted octanol–water partition coefficient (Wildman–Crippen LogP) is 5.56. The molecule has 18 heavy (non-hydrogen) atoms. The first-order chi connectivity index (χ1) is 8.91. The second-order valence-electron chi connectivity index (χ2n) is 4.63. The molecule has 0 saturated heterocycles. The molecule has 0 atom stereocenters. The fraction of sp³-hybridized carbons (Fsp3) is 0.800. The van der Waals surface area contributed by atoms with Crippen molar-refractivity contribution in [1.29, 1.82) is 0 Å². The lowest BCUT2D eigenvalue weighted by molar-refractivity contribution is 0.563. The van der Waals surface area contributed by atoms with Crippen LogP contribution in [0.25, 0.3) is 0 Å². The number of nitrogens with zero attached hydrogens (tertiary/aromatic N) is 1. The van der Waals surface area contributed by atoms with Crippen molar-refractivity contribution in [2.45, 2.75) is 71.1 Å². The molecule has 0 fully saturated rings. The number of aromatic amines is 1. The summed E-state index contributed by atoms with van der Waals surface area (Å²) >= 11 is 5.60. The molecule has 1 heterocycles. The van der Waals surface area contributed by atoms with Crippen molar-refractivity contribution >= 4 is 11.6 Å². The molecule has 0 aliphatic rings. The summed E-state index contributed by atoms with van der Waals surface area (Å²) in [7, 11) is 0. The number of imidazole rings is 1. The van der Waals surface area contributed by atoms with E-state index in [0.717, 1.165) is 5.88 Å². The van der Waals surface area contributed by atoms with Crippen LogP contribution in [0.5, 0.6) is 0 Å². The quantitative estimate of drug-likeness (QED) is 0.439.